The molecule has 1 aromatic carbocycles. The summed E-state index contributed by atoms with van der Waals surface area (Å²) in [7, 11) is 1.53. The third kappa shape index (κ3) is 1.58. The van der Waals surface area contributed by atoms with E-state index in [1.165, 1.54) is 19.5 Å². The Hall–Kier alpha value is -2.50. The molecule has 1 aliphatic heterocycles. The first-order valence-corrected chi connectivity index (χ1v) is 5.31. The van der Waals surface area contributed by atoms with Gasteiger partial charge in [-0.1, -0.05) is 0 Å². The molecule has 18 heavy (non-hydrogen) atoms. The maximum Gasteiger partial charge on any atom is 0.274 e. The van der Waals surface area contributed by atoms with Crippen molar-refractivity contribution in [3.8, 4) is 28.5 Å². The van der Waals surface area contributed by atoms with Gasteiger partial charge >= 0.3 is 0 Å². The monoisotopic (exact) mass is 246 g/mol. The van der Waals surface area contributed by atoms with E-state index in [0.29, 0.717) is 28.5 Å². The zero-order valence-electron chi connectivity index (χ0n) is 9.60. The van der Waals surface area contributed by atoms with Crippen molar-refractivity contribution in [3.63, 3.8) is 0 Å². The van der Waals surface area contributed by atoms with Gasteiger partial charge in [0.15, 0.2) is 11.5 Å². The molecule has 6 nitrogen and oxygen atoms in total. The Bertz CT molecular complexity index is 651. The largest absolute Gasteiger partial charge is 0.493 e. The maximum absolute atomic E-state index is 11.7. The summed E-state index contributed by atoms with van der Waals surface area (Å²) >= 11 is 0. The molecule has 1 aromatic heterocycles. The second-order valence-corrected chi connectivity index (χ2v) is 3.68. The van der Waals surface area contributed by atoms with Crippen LogP contribution < -0.4 is 19.8 Å². The topological polar surface area (TPSA) is 73.4 Å². The fraction of sp³-hybridized carbons (Fsp3) is 0.167. The number of hydrogen-bond donors (Lipinski definition) is 1. The zero-order chi connectivity index (χ0) is 12.5. The number of nitrogens with one attached hydrogen (secondary N) is 1. The molecule has 0 radical (unpaired) electrons. The fourth-order valence-corrected chi connectivity index (χ4v) is 1.82. The average Bonchev–Trinajstić information content (AvgIpc) is 2.86. The van der Waals surface area contributed by atoms with Crippen LogP contribution in [0.15, 0.2) is 29.3 Å². The number of aromatic nitrogens is 2. The molecule has 2 heterocycles. The van der Waals surface area contributed by atoms with Crippen molar-refractivity contribution >= 4 is 0 Å². The number of benzene rings is 1. The van der Waals surface area contributed by atoms with Crippen LogP contribution in [-0.2, 0) is 0 Å². The van der Waals surface area contributed by atoms with Crippen molar-refractivity contribution in [2.24, 2.45) is 0 Å². The highest BCUT2D eigenvalue weighted by atomic mass is 16.7. The van der Waals surface area contributed by atoms with E-state index >= 15 is 0 Å². The van der Waals surface area contributed by atoms with Gasteiger partial charge in [0.05, 0.1) is 7.11 Å². The highest BCUT2D eigenvalue weighted by molar-refractivity contribution is 5.68. The van der Waals surface area contributed by atoms with Crippen molar-refractivity contribution in [1.82, 2.24) is 9.97 Å². The Kier molecular flexibility index (Phi) is 2.40. The molecule has 0 atom stereocenters. The van der Waals surface area contributed by atoms with Crippen LogP contribution in [0.3, 0.4) is 0 Å². The van der Waals surface area contributed by atoms with E-state index in [1.54, 1.807) is 12.1 Å². The number of nitrogens with zero attached hydrogens (tertiary/aromatic N) is 1. The minimum atomic E-state index is -0.265. The number of aromatic amines is 1. The first kappa shape index (κ1) is 10.6. The fourth-order valence-electron chi connectivity index (χ4n) is 1.82. The number of hydrogen-bond acceptors (Lipinski definition) is 5. The lowest BCUT2D eigenvalue weighted by molar-refractivity contribution is 0.171. The summed E-state index contributed by atoms with van der Waals surface area (Å²) in [6.07, 6.45) is 3.00. The SMILES string of the molecule is COc1cc(-c2ncc[nH]c2=O)cc2c1OCO2. The molecule has 6 heteroatoms. The number of fused-ring (bicyclic) bond motifs is 1. The molecule has 92 valence electrons. The van der Waals surface area contributed by atoms with E-state index in [1.807, 2.05) is 0 Å². The lowest BCUT2D eigenvalue weighted by atomic mass is 10.1. The summed E-state index contributed by atoms with van der Waals surface area (Å²) in [4.78, 5) is 18.3. The molecule has 0 amide bonds. The van der Waals surface area contributed by atoms with Crippen LogP contribution in [0, 0.1) is 0 Å². The van der Waals surface area contributed by atoms with Gasteiger partial charge < -0.3 is 19.2 Å². The summed E-state index contributed by atoms with van der Waals surface area (Å²) in [5, 5.41) is 0. The number of rotatable bonds is 2. The van der Waals surface area contributed by atoms with Crippen LogP contribution in [0.4, 0.5) is 0 Å². The summed E-state index contributed by atoms with van der Waals surface area (Å²) in [6, 6.07) is 3.41. The van der Waals surface area contributed by atoms with Crippen molar-refractivity contribution < 1.29 is 14.2 Å². The van der Waals surface area contributed by atoms with Gasteiger partial charge in [0.2, 0.25) is 12.5 Å². The van der Waals surface area contributed by atoms with Crippen LogP contribution in [0.5, 0.6) is 17.2 Å². The third-order valence-corrected chi connectivity index (χ3v) is 2.64. The Balaban J connectivity index is 2.20. The van der Waals surface area contributed by atoms with E-state index in [-0.39, 0.29) is 12.4 Å². The van der Waals surface area contributed by atoms with Crippen LogP contribution >= 0.6 is 0 Å². The molecule has 0 spiro atoms. The zero-order valence-corrected chi connectivity index (χ0v) is 9.60. The first-order chi connectivity index (χ1) is 8.79. The standard InChI is InChI=1S/C12H10N2O4/c1-16-8-4-7(5-9-11(8)18-6-17-9)10-12(15)14-3-2-13-10/h2-5H,6H2,1H3,(H,14,15). The van der Waals surface area contributed by atoms with Gasteiger partial charge in [0, 0.05) is 18.0 Å². The second kappa shape index (κ2) is 4.06. The summed E-state index contributed by atoms with van der Waals surface area (Å²) in [5.41, 5.74) is 0.672. The van der Waals surface area contributed by atoms with Gasteiger partial charge in [-0.3, -0.25) is 4.79 Å². The quantitative estimate of drug-likeness (QED) is 0.861. The normalized spacial score (nSPS) is 12.5. The Morgan fingerprint density at radius 3 is 3.06 bits per heavy atom. The molecule has 0 aliphatic carbocycles. The first-order valence-electron chi connectivity index (χ1n) is 5.31. The lowest BCUT2D eigenvalue weighted by Crippen LogP contribution is -2.09. The molecule has 0 saturated heterocycles. The van der Waals surface area contributed by atoms with Crippen LogP contribution in [0.25, 0.3) is 11.3 Å². The summed E-state index contributed by atoms with van der Waals surface area (Å²) < 4.78 is 15.8. The average molecular weight is 246 g/mol. The molecular weight excluding hydrogens is 236 g/mol. The number of H-pyrrole nitrogens is 1. The molecule has 0 unspecified atom stereocenters. The molecule has 1 aliphatic rings. The van der Waals surface area contributed by atoms with Crippen molar-refractivity contribution in [1.29, 1.82) is 0 Å². The van der Waals surface area contributed by atoms with E-state index in [0.717, 1.165) is 0 Å². The second-order valence-electron chi connectivity index (χ2n) is 3.68. The van der Waals surface area contributed by atoms with Crippen molar-refractivity contribution in [2.45, 2.75) is 0 Å². The van der Waals surface area contributed by atoms with Gasteiger partial charge in [-0.15, -0.1) is 0 Å². The molecule has 1 N–H and O–H groups in total. The van der Waals surface area contributed by atoms with Gasteiger partial charge in [-0.05, 0) is 12.1 Å². The molecular formula is C12H10N2O4. The third-order valence-electron chi connectivity index (χ3n) is 2.64. The Morgan fingerprint density at radius 1 is 1.39 bits per heavy atom. The van der Waals surface area contributed by atoms with E-state index in [2.05, 4.69) is 9.97 Å². The lowest BCUT2D eigenvalue weighted by Gasteiger charge is -2.07. The van der Waals surface area contributed by atoms with Gasteiger partial charge in [-0.25, -0.2) is 4.98 Å². The number of ether oxygens (including phenoxy) is 3. The smallest absolute Gasteiger partial charge is 0.274 e. The maximum atomic E-state index is 11.7. The van der Waals surface area contributed by atoms with Crippen LogP contribution in [0.2, 0.25) is 0 Å². The van der Waals surface area contributed by atoms with Crippen molar-refractivity contribution in [3.05, 3.63) is 34.9 Å². The Labute approximate surface area is 102 Å². The van der Waals surface area contributed by atoms with Crippen LogP contribution in [0.1, 0.15) is 0 Å². The Morgan fingerprint density at radius 2 is 2.28 bits per heavy atom. The minimum absolute atomic E-state index is 0.147. The van der Waals surface area contributed by atoms with Gasteiger partial charge in [0.1, 0.15) is 5.69 Å². The summed E-state index contributed by atoms with van der Waals surface area (Å²) in [5.74, 6) is 1.62. The van der Waals surface area contributed by atoms with Crippen LogP contribution in [-0.4, -0.2) is 23.9 Å². The van der Waals surface area contributed by atoms with Gasteiger partial charge in [-0.2, -0.15) is 0 Å². The molecule has 0 saturated carbocycles. The highest BCUT2D eigenvalue weighted by Gasteiger charge is 2.21. The summed E-state index contributed by atoms with van der Waals surface area (Å²) in [6.45, 7) is 0.147. The van der Waals surface area contributed by atoms with E-state index < -0.39 is 0 Å². The van der Waals surface area contributed by atoms with E-state index in [4.69, 9.17) is 14.2 Å². The molecule has 0 bridgehead atoms. The van der Waals surface area contributed by atoms with Gasteiger partial charge in [0.25, 0.3) is 5.56 Å². The predicted octanol–water partition coefficient (Wildman–Crippen LogP) is 1.17. The molecule has 0 fully saturated rings. The number of methoxy groups -OCH3 is 1. The minimum Gasteiger partial charge on any atom is -0.493 e. The predicted molar refractivity (Wildman–Crippen MR) is 63.0 cm³/mol. The van der Waals surface area contributed by atoms with Crippen molar-refractivity contribution in [2.75, 3.05) is 13.9 Å². The molecule has 3 rings (SSSR count). The molecule has 2 aromatic rings. The van der Waals surface area contributed by atoms with E-state index in [9.17, 15) is 4.79 Å². The highest BCUT2D eigenvalue weighted by Crippen LogP contribution is 2.43.